The maximum Gasteiger partial charge on any atom is 0.407 e. The smallest absolute Gasteiger partial charge is 0.407 e. The van der Waals surface area contributed by atoms with Crippen molar-refractivity contribution >= 4 is 35.2 Å². The highest BCUT2D eigenvalue weighted by Gasteiger charge is 2.41. The van der Waals surface area contributed by atoms with Gasteiger partial charge < -0.3 is 29.6 Å². The normalized spacial score (nSPS) is 22.8. The van der Waals surface area contributed by atoms with E-state index in [2.05, 4.69) is 58.9 Å². The Kier molecular flexibility index (Phi) is 11.3. The van der Waals surface area contributed by atoms with Crippen molar-refractivity contribution in [3.8, 4) is 22.4 Å². The topological polar surface area (TPSA) is 146 Å². The number of esters is 1. The van der Waals surface area contributed by atoms with Crippen LogP contribution in [0.25, 0.3) is 28.0 Å². The summed E-state index contributed by atoms with van der Waals surface area (Å²) in [6.45, 7) is 9.09. The summed E-state index contributed by atoms with van der Waals surface area (Å²) in [5.74, 6) is 0.517. The molecule has 3 aromatic rings. The van der Waals surface area contributed by atoms with Gasteiger partial charge in [-0.2, -0.15) is 0 Å². The number of aromatic amines is 1. The van der Waals surface area contributed by atoms with Gasteiger partial charge in [0.1, 0.15) is 11.9 Å². The highest BCUT2D eigenvalue weighted by molar-refractivity contribution is 6.04. The predicted octanol–water partition coefficient (Wildman–Crippen LogP) is 7.94. The lowest BCUT2D eigenvalue weighted by Crippen LogP contribution is -2.51. The second kappa shape index (κ2) is 16.6. The molecular formula is C47H56N6O6. The Labute approximate surface area is 346 Å². The summed E-state index contributed by atoms with van der Waals surface area (Å²) in [5, 5.41) is 2.72. The zero-order valence-electron chi connectivity index (χ0n) is 35.0. The third-order valence-electron chi connectivity index (χ3n) is 13.2. The molecule has 4 heterocycles. The lowest BCUT2D eigenvalue weighted by atomic mass is 9.83. The van der Waals surface area contributed by atoms with Gasteiger partial charge in [-0.1, -0.05) is 76.2 Å². The molecule has 12 nitrogen and oxygen atoms in total. The van der Waals surface area contributed by atoms with E-state index < -0.39 is 18.1 Å². The van der Waals surface area contributed by atoms with E-state index in [0.717, 1.165) is 60.5 Å². The van der Waals surface area contributed by atoms with E-state index >= 15 is 0 Å². The summed E-state index contributed by atoms with van der Waals surface area (Å²) in [6.07, 6.45) is 13.3. The highest BCUT2D eigenvalue weighted by atomic mass is 16.5. The fourth-order valence-corrected chi connectivity index (χ4v) is 10.0. The summed E-state index contributed by atoms with van der Waals surface area (Å²) in [6, 6.07) is 12.2. The third-order valence-corrected chi connectivity index (χ3v) is 13.2. The van der Waals surface area contributed by atoms with Crippen LogP contribution in [-0.4, -0.2) is 88.7 Å². The minimum atomic E-state index is -0.684. The molecule has 2 bridgehead atoms. The van der Waals surface area contributed by atoms with Crippen LogP contribution in [0.5, 0.6) is 0 Å². The first-order valence-corrected chi connectivity index (χ1v) is 21.3. The quantitative estimate of drug-likeness (QED) is 0.140. The SMILES string of the molecule is COC(=O)C[C@H](C(=O)N1CCC[C@H]1C1=NC=C(c2ccc(-c3ccc(-c4cnc([C@@H]5CCCN5C(=O)[C@@H](NC(=O)OC)C(C)C)[nH]4)cc3)c3c2C2C=CC3C2)C1)C(C)C. The van der Waals surface area contributed by atoms with Gasteiger partial charge in [-0.3, -0.25) is 19.4 Å². The van der Waals surface area contributed by atoms with Crippen molar-refractivity contribution in [1.82, 2.24) is 25.1 Å². The summed E-state index contributed by atoms with van der Waals surface area (Å²) < 4.78 is 9.71. The average Bonchev–Trinajstić information content (AvgIpc) is 4.10. The number of nitrogens with zero attached hydrogens (tertiary/aromatic N) is 4. The maximum absolute atomic E-state index is 13.8. The number of fused-ring (bicyclic) bond motifs is 5. The van der Waals surface area contributed by atoms with E-state index in [1.54, 1.807) is 0 Å². The molecule has 5 aliphatic rings. The first kappa shape index (κ1) is 40.3. The zero-order chi connectivity index (χ0) is 41.5. The number of ether oxygens (including phenoxy) is 2. The Hall–Kier alpha value is -5.52. The molecule has 3 aliphatic heterocycles. The molecule has 3 amide bonds. The van der Waals surface area contributed by atoms with E-state index in [1.807, 2.05) is 49.9 Å². The molecule has 2 aliphatic carbocycles. The molecule has 2 unspecified atom stereocenters. The fraction of sp³-hybridized carbons (Fsp3) is 0.489. The number of allylic oxidation sites excluding steroid dienone is 3. The van der Waals surface area contributed by atoms with Crippen molar-refractivity contribution in [1.29, 1.82) is 0 Å². The van der Waals surface area contributed by atoms with Crippen LogP contribution in [0.2, 0.25) is 0 Å². The molecule has 59 heavy (non-hydrogen) atoms. The predicted molar refractivity (Wildman–Crippen MR) is 226 cm³/mol. The van der Waals surface area contributed by atoms with Crippen molar-refractivity contribution in [2.45, 2.75) is 103 Å². The molecule has 2 fully saturated rings. The van der Waals surface area contributed by atoms with Gasteiger partial charge in [0, 0.05) is 43.3 Å². The number of aromatic nitrogens is 2. The molecule has 0 radical (unpaired) electrons. The van der Waals surface area contributed by atoms with Crippen molar-refractivity contribution in [2.75, 3.05) is 27.3 Å². The fourth-order valence-electron chi connectivity index (χ4n) is 10.0. The van der Waals surface area contributed by atoms with Crippen molar-refractivity contribution in [3.63, 3.8) is 0 Å². The van der Waals surface area contributed by atoms with Gasteiger partial charge in [0.05, 0.1) is 50.5 Å². The molecule has 8 rings (SSSR count). The van der Waals surface area contributed by atoms with Gasteiger partial charge in [-0.15, -0.1) is 0 Å². The molecular weight excluding hydrogens is 745 g/mol. The van der Waals surface area contributed by atoms with Gasteiger partial charge in [-0.05, 0) is 82.9 Å². The van der Waals surface area contributed by atoms with Crippen LogP contribution < -0.4 is 5.32 Å². The Morgan fingerprint density at radius 3 is 2.12 bits per heavy atom. The number of benzene rings is 2. The first-order chi connectivity index (χ1) is 28.5. The van der Waals surface area contributed by atoms with Gasteiger partial charge >= 0.3 is 12.1 Å². The Bertz CT molecular complexity index is 2220. The van der Waals surface area contributed by atoms with Crippen LogP contribution in [0.15, 0.2) is 65.9 Å². The Balaban J connectivity index is 0.982. The minimum absolute atomic E-state index is 0.0225. The van der Waals surface area contributed by atoms with Crippen LogP contribution in [0.1, 0.15) is 113 Å². The number of hydrogen-bond acceptors (Lipinski definition) is 8. The highest BCUT2D eigenvalue weighted by Crippen LogP contribution is 2.54. The second-order valence-electron chi connectivity index (χ2n) is 17.4. The number of amides is 3. The molecule has 310 valence electrons. The van der Waals surface area contributed by atoms with E-state index in [-0.39, 0.29) is 48.1 Å². The van der Waals surface area contributed by atoms with Crippen LogP contribution in [0, 0.1) is 17.8 Å². The van der Waals surface area contributed by atoms with Crippen LogP contribution in [-0.2, 0) is 23.9 Å². The summed E-state index contributed by atoms with van der Waals surface area (Å²) in [7, 11) is 2.67. The lowest BCUT2D eigenvalue weighted by molar-refractivity contribution is -0.148. The average molecular weight is 801 g/mol. The number of alkyl carbamates (subject to hydrolysis) is 1. The number of rotatable bonds is 12. The number of aliphatic imine (C=N–C) groups is 1. The minimum Gasteiger partial charge on any atom is -0.469 e. The number of imidazole rings is 1. The van der Waals surface area contributed by atoms with Gasteiger partial charge in [0.2, 0.25) is 11.8 Å². The van der Waals surface area contributed by atoms with Crippen LogP contribution in [0.3, 0.4) is 0 Å². The maximum atomic E-state index is 13.8. The standard InChI is InChI=1S/C47H56N6O6/c1-26(2)35(23-40(54)58-5)45(55)52-19-7-9-38(52)36-22-32(24-48-36)34-18-17-33(41-30-15-16-31(21-30)42(34)41)28-11-13-29(14-12-28)37-25-49-44(50-37)39-10-8-20-53(39)46(56)43(27(3)4)51-47(57)59-6/h11-18,24-27,30-31,35,38-39,43H,7-10,19-23H2,1-6H3,(H,49,50)(H,51,57)/t30?,31?,35-,38-,39-,43-/m0/s1. The molecule has 6 atom stereocenters. The summed E-state index contributed by atoms with van der Waals surface area (Å²) in [4.78, 5) is 68.7. The van der Waals surface area contributed by atoms with E-state index in [1.165, 1.54) is 42.0 Å². The Morgan fingerprint density at radius 1 is 0.814 bits per heavy atom. The molecule has 0 saturated carbocycles. The zero-order valence-corrected chi connectivity index (χ0v) is 35.0. The molecule has 12 heteroatoms. The number of hydrogen-bond donors (Lipinski definition) is 2. The van der Waals surface area contributed by atoms with Gasteiger partial charge in [-0.25, -0.2) is 9.78 Å². The number of H-pyrrole nitrogens is 1. The molecule has 1 aromatic heterocycles. The van der Waals surface area contributed by atoms with Gasteiger partial charge in [0.25, 0.3) is 0 Å². The molecule has 2 saturated heterocycles. The van der Waals surface area contributed by atoms with Crippen molar-refractivity contribution in [2.24, 2.45) is 22.7 Å². The van der Waals surface area contributed by atoms with Gasteiger partial charge in [0.15, 0.2) is 0 Å². The number of nitrogens with one attached hydrogen (secondary N) is 2. The van der Waals surface area contributed by atoms with Crippen molar-refractivity contribution < 1.29 is 28.7 Å². The Morgan fingerprint density at radius 2 is 1.46 bits per heavy atom. The van der Waals surface area contributed by atoms with Crippen LogP contribution >= 0.6 is 0 Å². The van der Waals surface area contributed by atoms with E-state index in [0.29, 0.717) is 31.3 Å². The summed E-state index contributed by atoms with van der Waals surface area (Å²) >= 11 is 0. The number of carbonyl (C=O) groups is 4. The monoisotopic (exact) mass is 800 g/mol. The van der Waals surface area contributed by atoms with Crippen LogP contribution in [0.4, 0.5) is 4.79 Å². The van der Waals surface area contributed by atoms with E-state index in [9.17, 15) is 19.2 Å². The second-order valence-corrected chi connectivity index (χ2v) is 17.4. The number of likely N-dealkylation sites (tertiary alicyclic amines) is 2. The van der Waals surface area contributed by atoms with E-state index in [4.69, 9.17) is 19.5 Å². The first-order valence-electron chi connectivity index (χ1n) is 21.3. The third kappa shape index (κ3) is 7.62. The number of carbonyl (C=O) groups excluding carboxylic acids is 4. The molecule has 2 N–H and O–H groups in total. The largest absolute Gasteiger partial charge is 0.469 e. The summed E-state index contributed by atoms with van der Waals surface area (Å²) in [5.41, 5.74) is 10.6. The lowest BCUT2D eigenvalue weighted by Gasteiger charge is -2.30. The number of methoxy groups -OCH3 is 2. The molecule has 0 spiro atoms. The van der Waals surface area contributed by atoms with Crippen molar-refractivity contribution in [3.05, 3.63) is 83.5 Å². The molecule has 2 aromatic carbocycles.